The minimum absolute atomic E-state index is 0.291. The van der Waals surface area contributed by atoms with Gasteiger partial charge in [-0.25, -0.2) is 0 Å². The van der Waals surface area contributed by atoms with Gasteiger partial charge in [0.15, 0.2) is 0 Å². The standard InChI is InChI=1S/C14H16O2/c1-2-4-11(5-3-1)10-15-14-8-12-6-7-13(9-14)16-12/h1-7,12-14H,8-10H2/t12-,13+,14?. The molecule has 2 heteroatoms. The summed E-state index contributed by atoms with van der Waals surface area (Å²) in [5.41, 5.74) is 1.24. The van der Waals surface area contributed by atoms with Crippen LogP contribution >= 0.6 is 0 Å². The molecule has 0 N–H and O–H groups in total. The van der Waals surface area contributed by atoms with E-state index in [2.05, 4.69) is 24.3 Å². The molecule has 2 nitrogen and oxygen atoms in total. The predicted molar refractivity (Wildman–Crippen MR) is 62.1 cm³/mol. The van der Waals surface area contributed by atoms with Crippen molar-refractivity contribution in [3.63, 3.8) is 0 Å². The SMILES string of the molecule is C1=C[C@H]2CC(OCc3ccccc3)C[C@@H]1O2. The molecule has 0 amide bonds. The van der Waals surface area contributed by atoms with Crippen LogP contribution in [0.2, 0.25) is 0 Å². The van der Waals surface area contributed by atoms with Crippen molar-refractivity contribution in [2.24, 2.45) is 0 Å². The second kappa shape index (κ2) is 4.40. The van der Waals surface area contributed by atoms with Crippen LogP contribution in [0.1, 0.15) is 18.4 Å². The third-order valence-electron chi connectivity index (χ3n) is 3.21. The Kier molecular flexibility index (Phi) is 2.77. The molecular formula is C14H16O2. The fraction of sp³-hybridized carbons (Fsp3) is 0.429. The average Bonchev–Trinajstić information content (AvgIpc) is 2.67. The van der Waals surface area contributed by atoms with Gasteiger partial charge < -0.3 is 9.47 Å². The summed E-state index contributed by atoms with van der Waals surface area (Å²) in [5, 5.41) is 0. The van der Waals surface area contributed by atoms with Crippen LogP contribution in [0.3, 0.4) is 0 Å². The van der Waals surface area contributed by atoms with Crippen LogP contribution in [0.25, 0.3) is 0 Å². The minimum Gasteiger partial charge on any atom is -0.373 e. The Morgan fingerprint density at radius 2 is 1.75 bits per heavy atom. The molecule has 1 unspecified atom stereocenters. The first-order valence-corrected chi connectivity index (χ1v) is 5.89. The quantitative estimate of drug-likeness (QED) is 0.723. The summed E-state index contributed by atoms with van der Waals surface area (Å²) in [6.07, 6.45) is 7.25. The van der Waals surface area contributed by atoms with Gasteiger partial charge in [0.05, 0.1) is 24.9 Å². The lowest BCUT2D eigenvalue weighted by Crippen LogP contribution is -2.31. The summed E-state index contributed by atoms with van der Waals surface area (Å²) in [6.45, 7) is 0.713. The number of ether oxygens (including phenoxy) is 2. The lowest BCUT2D eigenvalue weighted by atomic mass is 10.1. The Balaban J connectivity index is 1.53. The summed E-state index contributed by atoms with van der Waals surface area (Å²) >= 11 is 0. The fourth-order valence-corrected chi connectivity index (χ4v) is 2.37. The van der Waals surface area contributed by atoms with Crippen LogP contribution in [0, 0.1) is 0 Å². The van der Waals surface area contributed by atoms with Crippen LogP contribution in [-0.4, -0.2) is 18.3 Å². The second-order valence-corrected chi connectivity index (χ2v) is 4.49. The first-order chi connectivity index (χ1) is 7.90. The first-order valence-electron chi connectivity index (χ1n) is 5.89. The Morgan fingerprint density at radius 3 is 2.44 bits per heavy atom. The van der Waals surface area contributed by atoms with E-state index in [4.69, 9.17) is 9.47 Å². The zero-order valence-corrected chi connectivity index (χ0v) is 9.21. The van der Waals surface area contributed by atoms with E-state index in [0.717, 1.165) is 12.8 Å². The molecule has 0 aromatic heterocycles. The molecule has 0 aliphatic carbocycles. The van der Waals surface area contributed by atoms with Gasteiger partial charge in [-0.15, -0.1) is 0 Å². The van der Waals surface area contributed by atoms with E-state index in [1.165, 1.54) is 5.56 Å². The summed E-state index contributed by atoms with van der Waals surface area (Å²) in [5.74, 6) is 0. The summed E-state index contributed by atoms with van der Waals surface area (Å²) < 4.78 is 11.6. The zero-order chi connectivity index (χ0) is 10.8. The van der Waals surface area contributed by atoms with Crippen molar-refractivity contribution in [1.82, 2.24) is 0 Å². The van der Waals surface area contributed by atoms with E-state index in [-0.39, 0.29) is 0 Å². The second-order valence-electron chi connectivity index (χ2n) is 4.49. The average molecular weight is 216 g/mol. The van der Waals surface area contributed by atoms with Gasteiger partial charge in [0.2, 0.25) is 0 Å². The van der Waals surface area contributed by atoms with Crippen LogP contribution in [0.4, 0.5) is 0 Å². The molecule has 1 fully saturated rings. The summed E-state index contributed by atoms with van der Waals surface area (Å²) in [7, 11) is 0. The smallest absolute Gasteiger partial charge is 0.0789 e. The Morgan fingerprint density at radius 1 is 1.06 bits per heavy atom. The maximum absolute atomic E-state index is 5.93. The topological polar surface area (TPSA) is 18.5 Å². The third kappa shape index (κ3) is 2.18. The largest absolute Gasteiger partial charge is 0.373 e. The lowest BCUT2D eigenvalue weighted by Gasteiger charge is -2.28. The van der Waals surface area contributed by atoms with Gasteiger partial charge in [0.25, 0.3) is 0 Å². The summed E-state index contributed by atoms with van der Waals surface area (Å²) in [6, 6.07) is 10.3. The highest BCUT2D eigenvalue weighted by molar-refractivity contribution is 5.13. The highest BCUT2D eigenvalue weighted by Crippen LogP contribution is 2.29. The van der Waals surface area contributed by atoms with E-state index in [1.54, 1.807) is 0 Å². The summed E-state index contributed by atoms with van der Waals surface area (Å²) in [4.78, 5) is 0. The molecule has 1 aromatic carbocycles. The van der Waals surface area contributed by atoms with Crippen molar-refractivity contribution in [2.45, 2.75) is 37.8 Å². The van der Waals surface area contributed by atoms with Crippen LogP contribution < -0.4 is 0 Å². The first kappa shape index (κ1) is 10.1. The molecular weight excluding hydrogens is 200 g/mol. The van der Waals surface area contributed by atoms with E-state index in [9.17, 15) is 0 Å². The normalized spacial score (nSPS) is 31.9. The van der Waals surface area contributed by atoms with Crippen LogP contribution in [-0.2, 0) is 16.1 Å². The molecule has 3 rings (SSSR count). The van der Waals surface area contributed by atoms with Crippen molar-refractivity contribution in [3.05, 3.63) is 48.0 Å². The fourth-order valence-electron chi connectivity index (χ4n) is 2.37. The maximum Gasteiger partial charge on any atom is 0.0789 e. The van der Waals surface area contributed by atoms with Crippen molar-refractivity contribution in [1.29, 1.82) is 0 Å². The number of fused-ring (bicyclic) bond motifs is 2. The molecule has 0 spiro atoms. The highest BCUT2D eigenvalue weighted by Gasteiger charge is 2.31. The minimum atomic E-state index is 0.291. The monoisotopic (exact) mass is 216 g/mol. The van der Waals surface area contributed by atoms with E-state index >= 15 is 0 Å². The van der Waals surface area contributed by atoms with Crippen molar-refractivity contribution in [2.75, 3.05) is 0 Å². The third-order valence-corrected chi connectivity index (χ3v) is 3.21. The molecule has 2 heterocycles. The van der Waals surface area contributed by atoms with Crippen molar-refractivity contribution >= 4 is 0 Å². The lowest BCUT2D eigenvalue weighted by molar-refractivity contribution is -0.0764. The molecule has 1 saturated heterocycles. The number of hydrogen-bond acceptors (Lipinski definition) is 2. The van der Waals surface area contributed by atoms with E-state index in [0.29, 0.717) is 24.9 Å². The van der Waals surface area contributed by atoms with Gasteiger partial charge in [-0.2, -0.15) is 0 Å². The molecule has 2 aliphatic heterocycles. The number of hydrogen-bond donors (Lipinski definition) is 0. The van der Waals surface area contributed by atoms with E-state index < -0.39 is 0 Å². The molecule has 0 saturated carbocycles. The van der Waals surface area contributed by atoms with Gasteiger partial charge in [0.1, 0.15) is 0 Å². The van der Waals surface area contributed by atoms with Crippen LogP contribution in [0.5, 0.6) is 0 Å². The van der Waals surface area contributed by atoms with Crippen molar-refractivity contribution in [3.8, 4) is 0 Å². The van der Waals surface area contributed by atoms with Gasteiger partial charge in [-0.1, -0.05) is 42.5 Å². The molecule has 84 valence electrons. The van der Waals surface area contributed by atoms with Gasteiger partial charge in [-0.05, 0) is 5.56 Å². The molecule has 2 aliphatic rings. The zero-order valence-electron chi connectivity index (χ0n) is 9.21. The van der Waals surface area contributed by atoms with E-state index in [1.807, 2.05) is 18.2 Å². The molecule has 3 atom stereocenters. The van der Waals surface area contributed by atoms with Gasteiger partial charge >= 0.3 is 0 Å². The molecule has 1 aromatic rings. The Bertz CT molecular complexity index is 358. The Hall–Kier alpha value is -1.12. The van der Waals surface area contributed by atoms with Gasteiger partial charge in [0, 0.05) is 12.8 Å². The molecule has 16 heavy (non-hydrogen) atoms. The van der Waals surface area contributed by atoms with Gasteiger partial charge in [-0.3, -0.25) is 0 Å². The Labute approximate surface area is 95.9 Å². The molecule has 0 radical (unpaired) electrons. The van der Waals surface area contributed by atoms with Crippen LogP contribution in [0.15, 0.2) is 42.5 Å². The number of benzene rings is 1. The molecule has 2 bridgehead atoms. The predicted octanol–water partition coefficient (Wildman–Crippen LogP) is 2.69. The number of rotatable bonds is 3. The maximum atomic E-state index is 5.93. The highest BCUT2D eigenvalue weighted by atomic mass is 16.5. The van der Waals surface area contributed by atoms with Crippen molar-refractivity contribution < 1.29 is 9.47 Å².